The summed E-state index contributed by atoms with van der Waals surface area (Å²) >= 11 is 5.83. The lowest BCUT2D eigenvalue weighted by atomic mass is 10.0. The van der Waals surface area contributed by atoms with Gasteiger partial charge in [0.25, 0.3) is 0 Å². The molecule has 3 aromatic carbocycles. The zero-order valence-corrected chi connectivity index (χ0v) is 17.2. The van der Waals surface area contributed by atoms with E-state index in [1.165, 1.54) is 12.1 Å². The Hall–Kier alpha value is -2.63. The smallest absolute Gasteiger partial charge is 0.227 e. The fourth-order valence-electron chi connectivity index (χ4n) is 3.39. The molecule has 0 aliphatic carbocycles. The molecule has 1 fully saturated rings. The van der Waals surface area contributed by atoms with Crippen LogP contribution >= 0.6 is 11.6 Å². The Morgan fingerprint density at radius 2 is 1.45 bits per heavy atom. The van der Waals surface area contributed by atoms with E-state index in [1.807, 2.05) is 54.6 Å². The first kappa shape index (κ1) is 19.7. The Morgan fingerprint density at radius 3 is 2.07 bits per heavy atom. The normalized spacial score (nSPS) is 14.4. The first-order valence-electron chi connectivity index (χ1n) is 9.35. The molecule has 4 nitrogen and oxygen atoms in total. The lowest BCUT2D eigenvalue weighted by Gasteiger charge is -2.38. The van der Waals surface area contributed by atoms with Gasteiger partial charge in [0.05, 0.1) is 11.3 Å². The second kappa shape index (κ2) is 8.01. The second-order valence-corrected chi connectivity index (χ2v) is 9.82. The molecule has 0 radical (unpaired) electrons. The summed E-state index contributed by atoms with van der Waals surface area (Å²) in [4.78, 5) is 14.4. The van der Waals surface area contributed by atoms with Crippen LogP contribution in [0, 0.1) is 0 Å². The third kappa shape index (κ3) is 4.21. The molecule has 1 aliphatic rings. The van der Waals surface area contributed by atoms with Gasteiger partial charge in [-0.2, -0.15) is 0 Å². The average Bonchev–Trinajstić information content (AvgIpc) is 2.68. The monoisotopic (exact) mass is 425 g/mol. The number of amides is 1. The van der Waals surface area contributed by atoms with Gasteiger partial charge in [-0.3, -0.25) is 4.79 Å². The SMILES string of the molecule is O=C(Cc1ccc(-c2ccccc2)cc1)N1CC(S(=O)(=O)c2ccc(Cl)cc2)C1. The molecular weight excluding hydrogens is 406 g/mol. The van der Waals surface area contributed by atoms with E-state index in [0.717, 1.165) is 16.7 Å². The van der Waals surface area contributed by atoms with Crippen molar-refractivity contribution in [3.05, 3.63) is 89.4 Å². The van der Waals surface area contributed by atoms with Crippen molar-refractivity contribution in [1.29, 1.82) is 0 Å². The molecular formula is C23H20ClNO3S. The third-order valence-electron chi connectivity index (χ3n) is 5.20. The summed E-state index contributed by atoms with van der Waals surface area (Å²) < 4.78 is 25.3. The predicted molar refractivity (Wildman–Crippen MR) is 115 cm³/mol. The van der Waals surface area contributed by atoms with Crippen molar-refractivity contribution in [1.82, 2.24) is 4.90 Å². The topological polar surface area (TPSA) is 54.5 Å². The van der Waals surface area contributed by atoms with Crippen LogP contribution in [-0.2, 0) is 21.1 Å². The zero-order chi connectivity index (χ0) is 20.4. The molecule has 0 atom stereocenters. The maximum atomic E-state index is 12.6. The van der Waals surface area contributed by atoms with Gasteiger partial charge in [-0.15, -0.1) is 0 Å². The van der Waals surface area contributed by atoms with E-state index in [0.29, 0.717) is 5.02 Å². The van der Waals surface area contributed by atoms with Crippen LogP contribution in [0.4, 0.5) is 0 Å². The van der Waals surface area contributed by atoms with Crippen molar-refractivity contribution in [2.45, 2.75) is 16.6 Å². The number of carbonyl (C=O) groups excluding carboxylic acids is 1. The van der Waals surface area contributed by atoms with Gasteiger partial charge in [0.15, 0.2) is 9.84 Å². The highest BCUT2D eigenvalue weighted by Crippen LogP contribution is 2.26. The number of hydrogen-bond acceptors (Lipinski definition) is 3. The van der Waals surface area contributed by atoms with Gasteiger partial charge in [-0.1, -0.05) is 66.2 Å². The summed E-state index contributed by atoms with van der Waals surface area (Å²) in [5.74, 6) is -0.0555. The molecule has 0 spiro atoms. The molecule has 1 amide bonds. The Morgan fingerprint density at radius 1 is 0.862 bits per heavy atom. The van der Waals surface area contributed by atoms with Gasteiger partial charge in [0.1, 0.15) is 5.25 Å². The summed E-state index contributed by atoms with van der Waals surface area (Å²) in [5, 5.41) is -0.0688. The molecule has 1 heterocycles. The molecule has 4 rings (SSSR count). The highest BCUT2D eigenvalue weighted by Gasteiger charge is 2.40. The summed E-state index contributed by atoms with van der Waals surface area (Å²) in [6.07, 6.45) is 0.267. The Bertz CT molecular complexity index is 1110. The van der Waals surface area contributed by atoms with Crippen LogP contribution in [0.15, 0.2) is 83.8 Å². The molecule has 1 aliphatic heterocycles. The molecule has 0 saturated carbocycles. The first-order valence-corrected chi connectivity index (χ1v) is 11.3. The molecule has 148 valence electrons. The molecule has 3 aromatic rings. The van der Waals surface area contributed by atoms with Crippen LogP contribution in [0.5, 0.6) is 0 Å². The van der Waals surface area contributed by atoms with E-state index in [2.05, 4.69) is 0 Å². The lowest BCUT2D eigenvalue weighted by Crippen LogP contribution is -2.57. The van der Waals surface area contributed by atoms with Gasteiger partial charge >= 0.3 is 0 Å². The summed E-state index contributed by atoms with van der Waals surface area (Å²) in [6.45, 7) is 0.456. The number of carbonyl (C=O) groups is 1. The minimum Gasteiger partial charge on any atom is -0.340 e. The van der Waals surface area contributed by atoms with Crippen molar-refractivity contribution in [3.63, 3.8) is 0 Å². The van der Waals surface area contributed by atoms with Crippen LogP contribution in [0.3, 0.4) is 0 Å². The molecule has 0 N–H and O–H groups in total. The van der Waals surface area contributed by atoms with E-state index < -0.39 is 15.1 Å². The van der Waals surface area contributed by atoms with Crippen molar-refractivity contribution >= 4 is 27.3 Å². The fraction of sp³-hybridized carbons (Fsp3) is 0.174. The molecule has 0 aromatic heterocycles. The van der Waals surface area contributed by atoms with Crippen molar-refractivity contribution in [2.75, 3.05) is 13.1 Å². The zero-order valence-electron chi connectivity index (χ0n) is 15.7. The van der Waals surface area contributed by atoms with Crippen molar-refractivity contribution in [3.8, 4) is 11.1 Å². The fourth-order valence-corrected chi connectivity index (χ4v) is 5.17. The highest BCUT2D eigenvalue weighted by molar-refractivity contribution is 7.92. The maximum Gasteiger partial charge on any atom is 0.227 e. The maximum absolute atomic E-state index is 12.6. The average molecular weight is 426 g/mol. The number of rotatable bonds is 5. The first-order chi connectivity index (χ1) is 13.9. The van der Waals surface area contributed by atoms with Crippen LogP contribution in [0.25, 0.3) is 11.1 Å². The van der Waals surface area contributed by atoms with E-state index in [1.54, 1.807) is 17.0 Å². The minimum absolute atomic E-state index is 0.0555. The summed E-state index contributed by atoms with van der Waals surface area (Å²) in [7, 11) is -3.45. The van der Waals surface area contributed by atoms with Crippen LogP contribution in [0.1, 0.15) is 5.56 Å². The molecule has 1 saturated heterocycles. The number of sulfone groups is 1. The van der Waals surface area contributed by atoms with Gasteiger partial charge in [-0.05, 0) is 41.0 Å². The van der Waals surface area contributed by atoms with Crippen molar-refractivity contribution in [2.24, 2.45) is 0 Å². The molecule has 0 bridgehead atoms. The van der Waals surface area contributed by atoms with Crippen LogP contribution in [-0.4, -0.2) is 37.6 Å². The number of likely N-dealkylation sites (tertiary alicyclic amines) is 1. The number of nitrogens with zero attached hydrogens (tertiary/aromatic N) is 1. The van der Waals surface area contributed by atoms with Gasteiger partial charge in [0.2, 0.25) is 5.91 Å². The molecule has 0 unspecified atom stereocenters. The minimum atomic E-state index is -3.45. The van der Waals surface area contributed by atoms with Crippen molar-refractivity contribution < 1.29 is 13.2 Å². The van der Waals surface area contributed by atoms with E-state index in [4.69, 9.17) is 11.6 Å². The predicted octanol–water partition coefficient (Wildman–Crippen LogP) is 4.23. The Labute approximate surface area is 175 Å². The number of halogens is 1. The van der Waals surface area contributed by atoms with Gasteiger partial charge in [0, 0.05) is 18.1 Å². The van der Waals surface area contributed by atoms with E-state index in [-0.39, 0.29) is 30.3 Å². The Kier molecular flexibility index (Phi) is 5.43. The van der Waals surface area contributed by atoms with E-state index in [9.17, 15) is 13.2 Å². The third-order valence-corrected chi connectivity index (χ3v) is 7.56. The number of hydrogen-bond donors (Lipinski definition) is 0. The summed E-state index contributed by atoms with van der Waals surface area (Å²) in [5.41, 5.74) is 3.14. The highest BCUT2D eigenvalue weighted by atomic mass is 35.5. The number of benzene rings is 3. The molecule has 6 heteroatoms. The quantitative estimate of drug-likeness (QED) is 0.614. The van der Waals surface area contributed by atoms with Gasteiger partial charge < -0.3 is 4.90 Å². The second-order valence-electron chi connectivity index (χ2n) is 7.16. The molecule has 29 heavy (non-hydrogen) atoms. The van der Waals surface area contributed by atoms with Gasteiger partial charge in [-0.25, -0.2) is 8.42 Å². The standard InChI is InChI=1S/C23H20ClNO3S/c24-20-10-12-21(13-11-20)29(27,28)22-15-25(16-22)23(26)14-17-6-8-19(9-7-17)18-4-2-1-3-5-18/h1-13,22H,14-16H2. The largest absolute Gasteiger partial charge is 0.340 e. The van der Waals surface area contributed by atoms with Crippen LogP contribution in [0.2, 0.25) is 5.02 Å². The lowest BCUT2D eigenvalue weighted by molar-refractivity contribution is -0.133. The Balaban J connectivity index is 1.35. The summed E-state index contributed by atoms with van der Waals surface area (Å²) in [6, 6.07) is 24.1. The van der Waals surface area contributed by atoms with Crippen LogP contribution < -0.4 is 0 Å². The van der Waals surface area contributed by atoms with E-state index >= 15 is 0 Å².